The molecule has 1 amide bonds. The topological polar surface area (TPSA) is 55.1 Å². The predicted molar refractivity (Wildman–Crippen MR) is 82.7 cm³/mol. The molecular formula is C17H13FN2O. The maximum atomic E-state index is 13.6. The van der Waals surface area contributed by atoms with Gasteiger partial charge in [0, 0.05) is 11.3 Å². The van der Waals surface area contributed by atoms with Crippen LogP contribution in [-0.4, -0.2) is 5.91 Å². The molecule has 0 atom stereocenters. The first-order chi connectivity index (χ1) is 10.1. The lowest BCUT2D eigenvalue weighted by Crippen LogP contribution is -2.13. The van der Waals surface area contributed by atoms with Gasteiger partial charge < -0.3 is 11.1 Å². The van der Waals surface area contributed by atoms with Crippen molar-refractivity contribution >= 4 is 28.1 Å². The van der Waals surface area contributed by atoms with E-state index < -0.39 is 5.82 Å². The van der Waals surface area contributed by atoms with Gasteiger partial charge in [0.15, 0.2) is 0 Å². The van der Waals surface area contributed by atoms with E-state index in [1.807, 2.05) is 30.3 Å². The molecule has 0 aromatic heterocycles. The van der Waals surface area contributed by atoms with Crippen LogP contribution in [0.1, 0.15) is 10.4 Å². The first-order valence-electron chi connectivity index (χ1n) is 6.49. The van der Waals surface area contributed by atoms with Gasteiger partial charge in [-0.05, 0) is 41.1 Å². The number of carbonyl (C=O) groups is 1. The van der Waals surface area contributed by atoms with Crippen molar-refractivity contribution in [2.75, 3.05) is 11.1 Å². The molecule has 21 heavy (non-hydrogen) atoms. The van der Waals surface area contributed by atoms with Gasteiger partial charge in [0.2, 0.25) is 0 Å². The average molecular weight is 280 g/mol. The summed E-state index contributed by atoms with van der Waals surface area (Å²) < 4.78 is 13.6. The Morgan fingerprint density at radius 3 is 2.52 bits per heavy atom. The molecule has 3 aromatic carbocycles. The average Bonchev–Trinajstić information content (AvgIpc) is 2.50. The Bertz CT molecular complexity index is 830. The zero-order chi connectivity index (χ0) is 14.8. The second-order valence-electron chi connectivity index (χ2n) is 4.76. The van der Waals surface area contributed by atoms with Crippen molar-refractivity contribution in [2.45, 2.75) is 0 Å². The summed E-state index contributed by atoms with van der Waals surface area (Å²) in [6.45, 7) is 0. The Labute approximate surface area is 121 Å². The van der Waals surface area contributed by atoms with E-state index in [0.29, 0.717) is 11.3 Å². The van der Waals surface area contributed by atoms with Crippen LogP contribution in [0.3, 0.4) is 0 Å². The summed E-state index contributed by atoms with van der Waals surface area (Å²) in [4.78, 5) is 12.2. The Balaban J connectivity index is 1.91. The molecule has 0 unspecified atom stereocenters. The van der Waals surface area contributed by atoms with E-state index in [9.17, 15) is 9.18 Å². The van der Waals surface area contributed by atoms with Crippen molar-refractivity contribution in [3.05, 3.63) is 72.0 Å². The predicted octanol–water partition coefficient (Wildman–Crippen LogP) is 3.81. The molecular weight excluding hydrogens is 267 g/mol. The fourth-order valence-corrected chi connectivity index (χ4v) is 2.16. The molecule has 3 nitrogen and oxygen atoms in total. The van der Waals surface area contributed by atoms with Crippen molar-refractivity contribution in [2.24, 2.45) is 0 Å². The number of amides is 1. The number of anilines is 2. The van der Waals surface area contributed by atoms with Crippen molar-refractivity contribution in [3.63, 3.8) is 0 Å². The summed E-state index contributed by atoms with van der Waals surface area (Å²) in [5.41, 5.74) is 6.54. The SMILES string of the molecule is Nc1ccc(F)c(NC(=O)c2ccc3ccccc3c2)c1. The number of hydrogen-bond acceptors (Lipinski definition) is 2. The van der Waals surface area contributed by atoms with Gasteiger partial charge in [0.1, 0.15) is 5.82 Å². The van der Waals surface area contributed by atoms with Crippen LogP contribution in [0.5, 0.6) is 0 Å². The zero-order valence-electron chi connectivity index (χ0n) is 11.1. The number of benzene rings is 3. The molecule has 104 valence electrons. The second kappa shape index (κ2) is 5.25. The third-order valence-electron chi connectivity index (χ3n) is 3.25. The van der Waals surface area contributed by atoms with Crippen LogP contribution in [-0.2, 0) is 0 Å². The van der Waals surface area contributed by atoms with Crippen LogP contribution < -0.4 is 11.1 Å². The summed E-state index contributed by atoms with van der Waals surface area (Å²) in [5.74, 6) is -0.886. The number of nitrogens with two attached hydrogens (primary N) is 1. The van der Waals surface area contributed by atoms with Crippen LogP contribution in [0, 0.1) is 5.82 Å². The monoisotopic (exact) mass is 280 g/mol. The molecule has 0 radical (unpaired) electrons. The largest absolute Gasteiger partial charge is 0.399 e. The first kappa shape index (κ1) is 13.1. The van der Waals surface area contributed by atoms with Crippen LogP contribution in [0.2, 0.25) is 0 Å². The summed E-state index contributed by atoms with van der Waals surface area (Å²) in [6, 6.07) is 17.1. The van der Waals surface area contributed by atoms with Gasteiger partial charge in [-0.15, -0.1) is 0 Å². The molecule has 4 heteroatoms. The standard InChI is InChI=1S/C17H13FN2O/c18-15-8-7-14(19)10-16(15)20-17(21)13-6-5-11-3-1-2-4-12(11)9-13/h1-10H,19H2,(H,20,21). The minimum Gasteiger partial charge on any atom is -0.399 e. The number of hydrogen-bond donors (Lipinski definition) is 2. The molecule has 0 fully saturated rings. The molecule has 0 saturated heterocycles. The van der Waals surface area contributed by atoms with Crippen molar-refractivity contribution in [1.82, 2.24) is 0 Å². The van der Waals surface area contributed by atoms with Crippen LogP contribution in [0.25, 0.3) is 10.8 Å². The number of nitrogens with one attached hydrogen (secondary N) is 1. The van der Waals surface area contributed by atoms with E-state index in [2.05, 4.69) is 5.32 Å². The molecule has 3 N–H and O–H groups in total. The van der Waals surface area contributed by atoms with Gasteiger partial charge in [-0.3, -0.25) is 4.79 Å². The van der Waals surface area contributed by atoms with Gasteiger partial charge >= 0.3 is 0 Å². The Hall–Kier alpha value is -2.88. The van der Waals surface area contributed by atoms with Crippen molar-refractivity contribution in [3.8, 4) is 0 Å². The lowest BCUT2D eigenvalue weighted by atomic mass is 10.1. The van der Waals surface area contributed by atoms with Gasteiger partial charge in [-0.2, -0.15) is 0 Å². The van der Waals surface area contributed by atoms with Crippen LogP contribution in [0.15, 0.2) is 60.7 Å². The van der Waals surface area contributed by atoms with E-state index in [4.69, 9.17) is 5.73 Å². The second-order valence-corrected chi connectivity index (χ2v) is 4.76. The van der Waals surface area contributed by atoms with E-state index >= 15 is 0 Å². The van der Waals surface area contributed by atoms with Gasteiger partial charge in [-0.25, -0.2) is 4.39 Å². The third kappa shape index (κ3) is 2.69. The van der Waals surface area contributed by atoms with Crippen LogP contribution >= 0.6 is 0 Å². The number of rotatable bonds is 2. The normalized spacial score (nSPS) is 10.5. The zero-order valence-corrected chi connectivity index (χ0v) is 11.1. The van der Waals surface area contributed by atoms with Crippen molar-refractivity contribution < 1.29 is 9.18 Å². The fraction of sp³-hybridized carbons (Fsp3) is 0. The Morgan fingerprint density at radius 2 is 1.71 bits per heavy atom. The quantitative estimate of drug-likeness (QED) is 0.701. The van der Waals surface area contributed by atoms with E-state index in [0.717, 1.165) is 10.8 Å². The Morgan fingerprint density at radius 1 is 0.952 bits per heavy atom. The highest BCUT2D eigenvalue weighted by Crippen LogP contribution is 2.20. The first-order valence-corrected chi connectivity index (χ1v) is 6.49. The summed E-state index contributed by atoms with van der Waals surface area (Å²) >= 11 is 0. The molecule has 3 rings (SSSR count). The molecule has 0 aliphatic carbocycles. The molecule has 0 aliphatic heterocycles. The smallest absolute Gasteiger partial charge is 0.255 e. The van der Waals surface area contributed by atoms with Gasteiger partial charge in [0.25, 0.3) is 5.91 Å². The fourth-order valence-electron chi connectivity index (χ4n) is 2.16. The highest BCUT2D eigenvalue weighted by Gasteiger charge is 2.10. The number of carbonyl (C=O) groups excluding carboxylic acids is 1. The summed E-state index contributed by atoms with van der Waals surface area (Å²) in [6.07, 6.45) is 0. The van der Waals surface area contributed by atoms with Gasteiger partial charge in [0.05, 0.1) is 5.69 Å². The molecule has 0 bridgehead atoms. The van der Waals surface area contributed by atoms with E-state index in [-0.39, 0.29) is 11.6 Å². The highest BCUT2D eigenvalue weighted by molar-refractivity contribution is 6.06. The highest BCUT2D eigenvalue weighted by atomic mass is 19.1. The summed E-state index contributed by atoms with van der Waals surface area (Å²) in [7, 11) is 0. The maximum absolute atomic E-state index is 13.6. The van der Waals surface area contributed by atoms with Crippen LogP contribution in [0.4, 0.5) is 15.8 Å². The maximum Gasteiger partial charge on any atom is 0.255 e. The van der Waals surface area contributed by atoms with E-state index in [1.165, 1.54) is 18.2 Å². The number of nitrogen functional groups attached to an aromatic ring is 1. The third-order valence-corrected chi connectivity index (χ3v) is 3.25. The molecule has 0 heterocycles. The minimum atomic E-state index is -0.515. The molecule has 0 spiro atoms. The molecule has 0 aliphatic rings. The van der Waals surface area contributed by atoms with E-state index in [1.54, 1.807) is 12.1 Å². The molecule has 0 saturated carbocycles. The minimum absolute atomic E-state index is 0.0770. The Kier molecular flexibility index (Phi) is 3.28. The van der Waals surface area contributed by atoms with Gasteiger partial charge in [-0.1, -0.05) is 30.3 Å². The number of halogens is 1. The number of fused-ring (bicyclic) bond motifs is 1. The molecule has 3 aromatic rings. The lowest BCUT2D eigenvalue weighted by Gasteiger charge is -2.08. The van der Waals surface area contributed by atoms with Crippen molar-refractivity contribution in [1.29, 1.82) is 0 Å². The summed E-state index contributed by atoms with van der Waals surface area (Å²) in [5, 5.41) is 4.54. The lowest BCUT2D eigenvalue weighted by molar-refractivity contribution is 0.102.